The highest BCUT2D eigenvalue weighted by Gasteiger charge is 2.42. The minimum atomic E-state index is -2.86. The van der Waals surface area contributed by atoms with E-state index >= 15 is 0 Å². The number of hydrogen-bond donors (Lipinski definition) is 2. The van der Waals surface area contributed by atoms with Crippen molar-refractivity contribution in [1.82, 2.24) is 10.3 Å². The van der Waals surface area contributed by atoms with Crippen LogP contribution < -0.4 is 5.32 Å². The number of alkyl halides is 2. The summed E-state index contributed by atoms with van der Waals surface area (Å²) < 4.78 is 28.0. The molecule has 0 saturated heterocycles. The molecule has 4 nitrogen and oxygen atoms in total. The number of carboxylic acid groups (broad SMARTS) is 1. The van der Waals surface area contributed by atoms with Crippen molar-refractivity contribution >= 4 is 17.3 Å². The van der Waals surface area contributed by atoms with Gasteiger partial charge in [0.05, 0.1) is 12.0 Å². The topological polar surface area (TPSA) is 62.2 Å². The number of halogens is 2. The Morgan fingerprint density at radius 1 is 1.55 bits per heavy atom. The van der Waals surface area contributed by atoms with Gasteiger partial charge in [0, 0.05) is 24.0 Å². The molecule has 0 radical (unpaired) electrons. The first kappa shape index (κ1) is 15.3. The number of carboxylic acids is 1. The van der Waals surface area contributed by atoms with Gasteiger partial charge >= 0.3 is 5.97 Å². The maximum atomic E-state index is 14.0. The van der Waals surface area contributed by atoms with Gasteiger partial charge in [-0.25, -0.2) is 13.8 Å². The SMILES string of the molecule is Cc1cnc(CN[C@@H]2CC[C@@H](C(=O)O)CCC2(F)F)s1. The minimum absolute atomic E-state index is 0.0386. The zero-order chi connectivity index (χ0) is 14.8. The smallest absolute Gasteiger partial charge is 0.306 e. The summed E-state index contributed by atoms with van der Waals surface area (Å²) in [5.41, 5.74) is 0. The molecule has 0 unspecified atom stereocenters. The van der Waals surface area contributed by atoms with E-state index in [1.165, 1.54) is 11.3 Å². The maximum Gasteiger partial charge on any atom is 0.306 e. The Morgan fingerprint density at radius 2 is 2.30 bits per heavy atom. The first-order chi connectivity index (χ1) is 9.38. The molecule has 1 aliphatic carbocycles. The Morgan fingerprint density at radius 3 is 2.90 bits per heavy atom. The van der Waals surface area contributed by atoms with Crippen LogP contribution in [-0.4, -0.2) is 28.0 Å². The average Bonchev–Trinajstić information content (AvgIpc) is 2.70. The van der Waals surface area contributed by atoms with Crippen LogP contribution in [0.2, 0.25) is 0 Å². The van der Waals surface area contributed by atoms with Crippen molar-refractivity contribution < 1.29 is 18.7 Å². The Balaban J connectivity index is 1.96. The van der Waals surface area contributed by atoms with Crippen LogP contribution in [0.3, 0.4) is 0 Å². The van der Waals surface area contributed by atoms with Gasteiger partial charge in [-0.2, -0.15) is 0 Å². The lowest BCUT2D eigenvalue weighted by molar-refractivity contribution is -0.142. The standard InChI is InChI=1S/C13H18F2N2O2S/c1-8-6-17-11(20-8)7-16-10-3-2-9(12(18)19)4-5-13(10,14)15/h6,9-10,16H,2-5,7H2,1H3,(H,18,19)/t9-,10-/m1/s1. The number of rotatable bonds is 4. The van der Waals surface area contributed by atoms with Crippen molar-refractivity contribution in [2.24, 2.45) is 5.92 Å². The molecule has 112 valence electrons. The number of aromatic nitrogens is 1. The van der Waals surface area contributed by atoms with Crippen molar-refractivity contribution in [2.75, 3.05) is 0 Å². The largest absolute Gasteiger partial charge is 0.481 e. The van der Waals surface area contributed by atoms with Crippen LogP contribution in [0.15, 0.2) is 6.20 Å². The molecular formula is C13H18F2N2O2S. The van der Waals surface area contributed by atoms with E-state index < -0.39 is 23.9 Å². The summed E-state index contributed by atoms with van der Waals surface area (Å²) in [4.78, 5) is 16.1. The third-order valence-corrected chi connectivity index (χ3v) is 4.57. The van der Waals surface area contributed by atoms with Crippen LogP contribution in [0.4, 0.5) is 8.78 Å². The number of aliphatic carboxylic acids is 1. The summed E-state index contributed by atoms with van der Waals surface area (Å²) >= 11 is 1.47. The molecular weight excluding hydrogens is 286 g/mol. The predicted molar refractivity (Wildman–Crippen MR) is 72.0 cm³/mol. The van der Waals surface area contributed by atoms with Gasteiger partial charge in [0.25, 0.3) is 5.92 Å². The van der Waals surface area contributed by atoms with Gasteiger partial charge in [-0.1, -0.05) is 0 Å². The molecule has 1 aliphatic rings. The molecule has 2 rings (SSSR count). The monoisotopic (exact) mass is 304 g/mol. The molecule has 20 heavy (non-hydrogen) atoms. The number of nitrogens with zero attached hydrogens (tertiary/aromatic N) is 1. The van der Waals surface area contributed by atoms with Crippen LogP contribution in [0.1, 0.15) is 35.6 Å². The van der Waals surface area contributed by atoms with E-state index in [0.717, 1.165) is 9.88 Å². The Hall–Kier alpha value is -1.08. The Kier molecular flexibility index (Phi) is 4.70. The summed E-state index contributed by atoms with van der Waals surface area (Å²) in [5, 5.41) is 12.6. The molecule has 0 bridgehead atoms. The molecule has 1 saturated carbocycles. The van der Waals surface area contributed by atoms with Crippen molar-refractivity contribution in [1.29, 1.82) is 0 Å². The minimum Gasteiger partial charge on any atom is -0.481 e. The van der Waals surface area contributed by atoms with Gasteiger partial charge in [0.1, 0.15) is 5.01 Å². The zero-order valence-corrected chi connectivity index (χ0v) is 12.1. The molecule has 1 aromatic rings. The van der Waals surface area contributed by atoms with E-state index in [2.05, 4.69) is 10.3 Å². The molecule has 0 aliphatic heterocycles. The van der Waals surface area contributed by atoms with Gasteiger partial charge in [0.15, 0.2) is 0 Å². The molecule has 1 aromatic heterocycles. The van der Waals surface area contributed by atoms with Crippen LogP contribution >= 0.6 is 11.3 Å². The highest BCUT2D eigenvalue weighted by atomic mass is 32.1. The summed E-state index contributed by atoms with van der Waals surface area (Å²) in [5.74, 6) is -4.50. The number of nitrogens with one attached hydrogen (secondary N) is 1. The van der Waals surface area contributed by atoms with E-state index in [0.29, 0.717) is 13.0 Å². The Bertz CT molecular complexity index is 479. The second kappa shape index (κ2) is 6.13. The molecule has 1 fully saturated rings. The van der Waals surface area contributed by atoms with E-state index in [-0.39, 0.29) is 19.3 Å². The molecule has 2 N–H and O–H groups in total. The zero-order valence-electron chi connectivity index (χ0n) is 11.2. The summed E-state index contributed by atoms with van der Waals surface area (Å²) in [6, 6.07) is -0.976. The van der Waals surface area contributed by atoms with E-state index in [1.54, 1.807) is 6.20 Å². The van der Waals surface area contributed by atoms with Crippen molar-refractivity contribution in [2.45, 2.75) is 51.1 Å². The normalized spacial score (nSPS) is 26.1. The van der Waals surface area contributed by atoms with Crippen LogP contribution in [-0.2, 0) is 11.3 Å². The molecule has 1 heterocycles. The van der Waals surface area contributed by atoms with Crippen LogP contribution in [0.25, 0.3) is 0 Å². The summed E-state index contributed by atoms with van der Waals surface area (Å²) in [7, 11) is 0. The molecule has 2 atom stereocenters. The predicted octanol–water partition coefficient (Wildman–Crippen LogP) is 2.82. The highest BCUT2D eigenvalue weighted by molar-refractivity contribution is 7.11. The lowest BCUT2D eigenvalue weighted by Crippen LogP contribution is -2.43. The first-order valence-electron chi connectivity index (χ1n) is 6.64. The fourth-order valence-corrected chi connectivity index (χ4v) is 3.19. The number of carbonyl (C=O) groups is 1. The second-order valence-corrected chi connectivity index (χ2v) is 6.53. The number of aryl methyl sites for hydroxylation is 1. The van der Waals surface area contributed by atoms with Crippen molar-refractivity contribution in [3.05, 3.63) is 16.1 Å². The van der Waals surface area contributed by atoms with Crippen molar-refractivity contribution in [3.8, 4) is 0 Å². The highest BCUT2D eigenvalue weighted by Crippen LogP contribution is 2.35. The van der Waals surface area contributed by atoms with Crippen LogP contribution in [0, 0.1) is 12.8 Å². The van der Waals surface area contributed by atoms with E-state index in [9.17, 15) is 13.6 Å². The third kappa shape index (κ3) is 3.73. The maximum absolute atomic E-state index is 14.0. The molecule has 7 heteroatoms. The quantitative estimate of drug-likeness (QED) is 0.840. The second-order valence-electron chi connectivity index (χ2n) is 5.21. The summed E-state index contributed by atoms with van der Waals surface area (Å²) in [6.45, 7) is 2.22. The Labute approximate surface area is 120 Å². The summed E-state index contributed by atoms with van der Waals surface area (Å²) in [6.07, 6.45) is 1.84. The lowest BCUT2D eigenvalue weighted by Gasteiger charge is -2.25. The first-order valence-corrected chi connectivity index (χ1v) is 7.45. The van der Waals surface area contributed by atoms with Gasteiger partial charge < -0.3 is 10.4 Å². The van der Waals surface area contributed by atoms with Gasteiger partial charge in [-0.3, -0.25) is 4.79 Å². The fraction of sp³-hybridized carbons (Fsp3) is 0.692. The molecule has 0 spiro atoms. The number of hydrogen-bond acceptors (Lipinski definition) is 4. The molecule has 0 amide bonds. The van der Waals surface area contributed by atoms with E-state index in [1.807, 2.05) is 6.92 Å². The van der Waals surface area contributed by atoms with Crippen LogP contribution in [0.5, 0.6) is 0 Å². The van der Waals surface area contributed by atoms with E-state index in [4.69, 9.17) is 5.11 Å². The third-order valence-electron chi connectivity index (χ3n) is 3.66. The lowest BCUT2D eigenvalue weighted by atomic mass is 10.0. The molecule has 0 aromatic carbocycles. The van der Waals surface area contributed by atoms with Crippen molar-refractivity contribution in [3.63, 3.8) is 0 Å². The van der Waals surface area contributed by atoms with Gasteiger partial charge in [0.2, 0.25) is 0 Å². The number of thiazole rings is 1. The van der Waals surface area contributed by atoms with Gasteiger partial charge in [-0.15, -0.1) is 11.3 Å². The fourth-order valence-electron chi connectivity index (χ4n) is 2.46. The average molecular weight is 304 g/mol. The van der Waals surface area contributed by atoms with Gasteiger partial charge in [-0.05, 0) is 26.2 Å².